The van der Waals surface area contributed by atoms with E-state index in [1.807, 2.05) is 187 Å². The fourth-order valence-electron chi connectivity index (χ4n) is 15.9. The molecule has 0 aliphatic rings. The van der Waals surface area contributed by atoms with E-state index in [1.165, 1.54) is 42.5 Å². The number of benzene rings is 10. The van der Waals surface area contributed by atoms with Crippen LogP contribution in [0.25, 0.3) is 166 Å². The SMILES string of the molecule is Cc1cc(F)c2c(oc3cc(F)ccc32)c1-c1cccc[n+]1C.Cc1cc2c(cc1F)oc1c(-c3cccc[n+]3C)c(C)ccc12.Cc1ccc2c(oc3c(C)c(F)ccc32)c1-c1cccc[n+]1C.Cc1ccc2c(oc3cc(F)cc(C)c32)c1-c1cccc[n+]1C.Cc1ccc2c(oc3cc(F)cc(F)c32)c1-c1cccc[n+]1C. The molecule has 0 fully saturated rings. The van der Waals surface area contributed by atoms with Gasteiger partial charge in [-0.3, -0.25) is 0 Å². The highest BCUT2D eigenvalue weighted by atomic mass is 19.2. The Bertz CT molecular complexity index is 7060. The molecule has 0 spiro atoms. The average Bonchev–Trinajstić information content (AvgIpc) is 1.64. The van der Waals surface area contributed by atoms with Gasteiger partial charge in [-0.15, -0.1) is 0 Å². The number of nitrogens with zero attached hydrogens (tertiary/aromatic N) is 5. The number of fused-ring (bicyclic) bond motifs is 15. The molecule has 10 aromatic carbocycles. The van der Waals surface area contributed by atoms with Gasteiger partial charge in [0.2, 0.25) is 28.5 Å². The van der Waals surface area contributed by atoms with Crippen molar-refractivity contribution in [3.05, 3.63) is 329 Å². The van der Waals surface area contributed by atoms with Crippen LogP contribution in [0.3, 0.4) is 0 Å². The Balaban J connectivity index is 0.000000108. The van der Waals surface area contributed by atoms with Gasteiger partial charge in [-0.05, 0) is 167 Å². The van der Waals surface area contributed by atoms with E-state index in [4.69, 9.17) is 22.1 Å². The van der Waals surface area contributed by atoms with Crippen LogP contribution < -0.4 is 22.8 Å². The summed E-state index contributed by atoms with van der Waals surface area (Å²) in [7, 11) is 9.91. The van der Waals surface area contributed by atoms with Crippen LogP contribution in [0.15, 0.2) is 265 Å². The highest BCUT2D eigenvalue weighted by molar-refractivity contribution is 6.14. The first-order valence-corrected chi connectivity index (χ1v) is 37.5. The number of furan rings is 5. The van der Waals surface area contributed by atoms with Crippen LogP contribution in [0.5, 0.6) is 0 Å². The first-order valence-electron chi connectivity index (χ1n) is 37.5. The van der Waals surface area contributed by atoms with Gasteiger partial charge in [-0.25, -0.2) is 53.6 Å². The third-order valence-electron chi connectivity index (χ3n) is 21.7. The minimum Gasteiger partial charge on any atom is -0.455 e. The lowest BCUT2D eigenvalue weighted by Crippen LogP contribution is -2.30. The van der Waals surface area contributed by atoms with Crippen LogP contribution in [0.1, 0.15) is 44.5 Å². The zero-order valence-corrected chi connectivity index (χ0v) is 65.5. The second-order valence-corrected chi connectivity index (χ2v) is 29.4. The Kier molecular flexibility index (Phi) is 19.8. The zero-order valence-electron chi connectivity index (χ0n) is 65.5. The molecule has 115 heavy (non-hydrogen) atoms. The predicted molar refractivity (Wildman–Crippen MR) is 439 cm³/mol. The molecule has 17 heteroatoms. The highest BCUT2D eigenvalue weighted by Gasteiger charge is 2.28. The van der Waals surface area contributed by atoms with Gasteiger partial charge in [0.1, 0.15) is 126 Å². The van der Waals surface area contributed by atoms with Crippen LogP contribution in [-0.2, 0) is 35.2 Å². The van der Waals surface area contributed by atoms with Gasteiger partial charge in [-0.2, -0.15) is 0 Å². The summed E-state index contributed by atoms with van der Waals surface area (Å²) in [6, 6.07) is 63.6. The summed E-state index contributed by atoms with van der Waals surface area (Å²) in [5.41, 5.74) is 23.1. The number of rotatable bonds is 5. The van der Waals surface area contributed by atoms with E-state index >= 15 is 0 Å². The van der Waals surface area contributed by atoms with Crippen molar-refractivity contribution in [1.82, 2.24) is 0 Å². The average molecular weight is 1540 g/mol. The molecule has 0 aliphatic heterocycles. The second kappa shape index (κ2) is 30.2. The van der Waals surface area contributed by atoms with Crippen molar-refractivity contribution >= 4 is 110 Å². The highest BCUT2D eigenvalue weighted by Crippen LogP contribution is 2.44. The van der Waals surface area contributed by atoms with Crippen molar-refractivity contribution in [3.8, 4) is 56.3 Å². The smallest absolute Gasteiger partial charge is 0.216 e. The summed E-state index contributed by atoms with van der Waals surface area (Å²) in [5, 5.41) is 7.92. The summed E-state index contributed by atoms with van der Waals surface area (Å²) < 4.78 is 137. The third kappa shape index (κ3) is 13.6. The summed E-state index contributed by atoms with van der Waals surface area (Å²) >= 11 is 0. The minimum atomic E-state index is -0.641. The lowest BCUT2D eigenvalue weighted by Gasteiger charge is -2.06. The van der Waals surface area contributed by atoms with E-state index in [9.17, 15) is 30.7 Å². The molecule has 0 saturated carbocycles. The normalized spacial score (nSPS) is 11.5. The Morgan fingerprint density at radius 3 is 1.06 bits per heavy atom. The van der Waals surface area contributed by atoms with E-state index in [-0.39, 0.29) is 28.9 Å². The first kappa shape index (κ1) is 75.5. The molecule has 0 amide bonds. The summed E-state index contributed by atoms with van der Waals surface area (Å²) in [5.74, 6) is -2.74. The molecule has 570 valence electrons. The fraction of sp³-hybridized carbons (Fsp3) is 0.133. The molecule has 0 bridgehead atoms. The van der Waals surface area contributed by atoms with Gasteiger partial charge in [0.05, 0.1) is 38.6 Å². The molecular weight excluding hydrogens is 1460 g/mol. The fourth-order valence-corrected chi connectivity index (χ4v) is 15.9. The zero-order chi connectivity index (χ0) is 80.7. The maximum Gasteiger partial charge on any atom is 0.216 e. The first-order chi connectivity index (χ1) is 55.3. The topological polar surface area (TPSA) is 85.1 Å². The van der Waals surface area contributed by atoms with Crippen molar-refractivity contribution in [2.24, 2.45) is 35.2 Å². The molecule has 0 radical (unpaired) electrons. The van der Waals surface area contributed by atoms with Gasteiger partial charge in [-0.1, -0.05) is 48.5 Å². The molecule has 0 aliphatic carbocycles. The number of aromatic nitrogens is 5. The largest absolute Gasteiger partial charge is 0.455 e. The Labute approximate surface area is 657 Å². The molecule has 20 rings (SSSR count). The molecule has 0 unspecified atom stereocenters. The quantitative estimate of drug-likeness (QED) is 0.127. The van der Waals surface area contributed by atoms with E-state index in [2.05, 4.69) is 89.1 Å². The maximum absolute atomic E-state index is 14.5. The molecule has 20 aromatic rings. The van der Waals surface area contributed by atoms with E-state index in [1.54, 1.807) is 32.0 Å². The maximum atomic E-state index is 14.5. The van der Waals surface area contributed by atoms with Crippen LogP contribution in [0, 0.1) is 96.1 Å². The molecular formula is C98H79F7N5O5+5. The van der Waals surface area contributed by atoms with Crippen LogP contribution in [0.4, 0.5) is 30.7 Å². The van der Waals surface area contributed by atoms with E-state index < -0.39 is 17.5 Å². The summed E-state index contributed by atoms with van der Waals surface area (Å²) in [4.78, 5) is 0. The molecule has 10 aromatic heterocycles. The van der Waals surface area contributed by atoms with E-state index in [0.717, 1.165) is 145 Å². The predicted octanol–water partition coefficient (Wildman–Crippen LogP) is 23.8. The standard InChI is InChI=1S/3C20H17FNO.2C19H14F2NO/c1-12-7-8-15-14-9-10-16(21)13(2)19(14)23-20(15)18(12)17-6-4-5-11-22(17)3;1-12-7-8-15-18-13(2)10-14(21)11-17(18)23-20(15)19(12)16-6-4-5-9-22(16)3;1-12-7-8-14-15-10-13(2)16(21)11-18(15)23-20(14)19(12)17-6-4-5-9-22(17)3;1-11-9-14(21)18-13-7-6-12(20)10-16(13)23-19(18)17(11)15-5-3-4-8-22(15)2;1-11-6-7-13-18-14(21)9-12(20)10-16(18)23-19(13)17(11)15-5-3-4-8-22(15)2/h3*4-11H,1-3H3;2*3-10H,1-2H3/q5*+1. The summed E-state index contributed by atoms with van der Waals surface area (Å²) in [6.45, 7) is 15.5. The van der Waals surface area contributed by atoms with Crippen molar-refractivity contribution in [1.29, 1.82) is 0 Å². The number of halogens is 7. The van der Waals surface area contributed by atoms with Gasteiger partial charge >= 0.3 is 0 Å². The number of hydrogen-bond donors (Lipinski definition) is 0. The minimum absolute atomic E-state index is 0.225. The number of aryl methyl sites for hydroxylation is 13. The van der Waals surface area contributed by atoms with Crippen LogP contribution >= 0.6 is 0 Å². The Morgan fingerprint density at radius 2 is 0.574 bits per heavy atom. The molecule has 10 nitrogen and oxygen atoms in total. The molecule has 10 heterocycles. The second-order valence-electron chi connectivity index (χ2n) is 29.4. The van der Waals surface area contributed by atoms with Gasteiger partial charge in [0.25, 0.3) is 0 Å². The Hall–Kier alpha value is -13.5. The molecule has 0 saturated heterocycles. The van der Waals surface area contributed by atoms with Crippen LogP contribution in [0.2, 0.25) is 0 Å². The lowest BCUT2D eigenvalue weighted by atomic mass is 9.99. The molecule has 0 N–H and O–H groups in total. The number of pyridine rings is 5. The van der Waals surface area contributed by atoms with Crippen molar-refractivity contribution in [2.45, 2.75) is 55.4 Å². The van der Waals surface area contributed by atoms with Crippen LogP contribution in [-0.4, -0.2) is 0 Å². The van der Waals surface area contributed by atoms with Crippen molar-refractivity contribution < 1.29 is 75.7 Å². The third-order valence-corrected chi connectivity index (χ3v) is 21.7. The van der Waals surface area contributed by atoms with Gasteiger partial charge in [0.15, 0.2) is 36.6 Å². The van der Waals surface area contributed by atoms with Gasteiger partial charge < -0.3 is 22.1 Å². The summed E-state index contributed by atoms with van der Waals surface area (Å²) in [6.07, 6.45) is 9.91. The Morgan fingerprint density at radius 1 is 0.217 bits per heavy atom. The van der Waals surface area contributed by atoms with Gasteiger partial charge in [0, 0.05) is 140 Å². The van der Waals surface area contributed by atoms with Crippen molar-refractivity contribution in [2.75, 3.05) is 0 Å². The van der Waals surface area contributed by atoms with Crippen molar-refractivity contribution in [3.63, 3.8) is 0 Å². The molecule has 0 atom stereocenters. The lowest BCUT2D eigenvalue weighted by molar-refractivity contribution is -0.660. The van der Waals surface area contributed by atoms with E-state index in [0.29, 0.717) is 66.2 Å². The number of hydrogen-bond acceptors (Lipinski definition) is 5. The monoisotopic (exact) mass is 1540 g/mol.